The van der Waals surface area contributed by atoms with Crippen LogP contribution in [0.3, 0.4) is 0 Å². The molecular formula is C16H28N2O2. The van der Waals surface area contributed by atoms with Gasteiger partial charge < -0.3 is 9.63 Å². The van der Waals surface area contributed by atoms with E-state index in [1.165, 1.54) is 12.8 Å². The molecule has 0 saturated heterocycles. The van der Waals surface area contributed by atoms with Gasteiger partial charge in [0.25, 0.3) is 0 Å². The first-order valence-electron chi connectivity index (χ1n) is 7.87. The number of hydrogen-bond acceptors (Lipinski definition) is 4. The highest BCUT2D eigenvalue weighted by atomic mass is 16.5. The van der Waals surface area contributed by atoms with Crippen molar-refractivity contribution in [2.75, 3.05) is 0 Å². The van der Waals surface area contributed by atoms with E-state index in [0.29, 0.717) is 30.1 Å². The Balaban J connectivity index is 1.88. The van der Waals surface area contributed by atoms with Crippen LogP contribution in [0.25, 0.3) is 0 Å². The first-order valence-corrected chi connectivity index (χ1v) is 7.87. The lowest BCUT2D eigenvalue weighted by molar-refractivity contribution is 0.166. The van der Waals surface area contributed by atoms with Gasteiger partial charge in [-0.1, -0.05) is 25.9 Å². The van der Waals surface area contributed by atoms with Crippen LogP contribution in [0, 0.1) is 11.3 Å². The number of nitrogens with zero attached hydrogens (tertiary/aromatic N) is 2. The highest BCUT2D eigenvalue weighted by Gasteiger charge is 2.31. The van der Waals surface area contributed by atoms with E-state index in [0.717, 1.165) is 24.6 Å². The van der Waals surface area contributed by atoms with Crippen LogP contribution in [-0.4, -0.2) is 21.4 Å². The molecule has 114 valence electrons. The highest BCUT2D eigenvalue weighted by Crippen LogP contribution is 2.42. The second-order valence-electron chi connectivity index (χ2n) is 7.35. The van der Waals surface area contributed by atoms with E-state index >= 15 is 0 Å². The molecule has 0 amide bonds. The van der Waals surface area contributed by atoms with Crippen LogP contribution < -0.4 is 0 Å². The van der Waals surface area contributed by atoms with E-state index in [9.17, 15) is 5.11 Å². The fourth-order valence-corrected chi connectivity index (χ4v) is 3.09. The van der Waals surface area contributed by atoms with Crippen LogP contribution in [0.5, 0.6) is 0 Å². The smallest absolute Gasteiger partial charge is 0.226 e. The lowest BCUT2D eigenvalue weighted by Crippen LogP contribution is -2.25. The molecule has 1 aromatic heterocycles. The molecule has 2 rings (SSSR count). The third-order valence-corrected chi connectivity index (χ3v) is 4.58. The maximum Gasteiger partial charge on any atom is 0.226 e. The third kappa shape index (κ3) is 4.05. The standard InChI is InChI=1S/C16H28N2O2/c1-11(19)5-10-14-17-15(18-20-14)12-6-8-13(9-7-12)16(2,3)4/h11-13,19H,5-10H2,1-4H3. The molecule has 0 radical (unpaired) electrons. The molecule has 1 aliphatic rings. The van der Waals surface area contributed by atoms with Crippen molar-refractivity contribution in [3.63, 3.8) is 0 Å². The van der Waals surface area contributed by atoms with Gasteiger partial charge in [-0.05, 0) is 50.4 Å². The lowest BCUT2D eigenvalue weighted by atomic mass is 9.70. The molecule has 20 heavy (non-hydrogen) atoms. The van der Waals surface area contributed by atoms with Crippen molar-refractivity contribution in [1.29, 1.82) is 0 Å². The molecule has 1 aliphatic carbocycles. The molecule has 1 aromatic rings. The number of aryl methyl sites for hydroxylation is 1. The van der Waals surface area contributed by atoms with Crippen molar-refractivity contribution < 1.29 is 9.63 Å². The molecule has 4 nitrogen and oxygen atoms in total. The van der Waals surface area contributed by atoms with Gasteiger partial charge in [0.15, 0.2) is 5.82 Å². The first-order chi connectivity index (χ1) is 9.36. The summed E-state index contributed by atoms with van der Waals surface area (Å²) in [5.41, 5.74) is 0.407. The van der Waals surface area contributed by atoms with Gasteiger partial charge in [0.1, 0.15) is 0 Å². The highest BCUT2D eigenvalue weighted by molar-refractivity contribution is 4.99. The molecular weight excluding hydrogens is 252 g/mol. The average Bonchev–Trinajstić information content (AvgIpc) is 2.84. The summed E-state index contributed by atoms with van der Waals surface area (Å²) in [4.78, 5) is 4.50. The van der Waals surface area contributed by atoms with Crippen molar-refractivity contribution in [3.05, 3.63) is 11.7 Å². The summed E-state index contributed by atoms with van der Waals surface area (Å²) in [6, 6.07) is 0. The summed E-state index contributed by atoms with van der Waals surface area (Å²) in [6.45, 7) is 8.78. The lowest BCUT2D eigenvalue weighted by Gasteiger charge is -2.36. The van der Waals surface area contributed by atoms with Gasteiger partial charge in [-0.2, -0.15) is 4.98 Å². The van der Waals surface area contributed by atoms with E-state index in [2.05, 4.69) is 30.9 Å². The molecule has 1 saturated carbocycles. The van der Waals surface area contributed by atoms with E-state index in [4.69, 9.17) is 4.52 Å². The molecule has 0 spiro atoms. The summed E-state index contributed by atoms with van der Waals surface area (Å²) in [6.07, 6.45) is 5.87. The van der Waals surface area contributed by atoms with Crippen molar-refractivity contribution in [1.82, 2.24) is 10.1 Å². The van der Waals surface area contributed by atoms with Gasteiger partial charge in [0.05, 0.1) is 6.10 Å². The quantitative estimate of drug-likeness (QED) is 0.913. The van der Waals surface area contributed by atoms with Gasteiger partial charge in [0, 0.05) is 12.3 Å². The summed E-state index contributed by atoms with van der Waals surface area (Å²) in [5.74, 6) is 2.80. The molecule has 1 unspecified atom stereocenters. The second-order valence-corrected chi connectivity index (χ2v) is 7.35. The monoisotopic (exact) mass is 280 g/mol. The summed E-state index contributed by atoms with van der Waals surface area (Å²) in [7, 11) is 0. The van der Waals surface area contributed by atoms with Crippen LogP contribution in [0.15, 0.2) is 4.52 Å². The number of aliphatic hydroxyl groups excluding tert-OH is 1. The largest absolute Gasteiger partial charge is 0.393 e. The first kappa shape index (κ1) is 15.5. The van der Waals surface area contributed by atoms with E-state index < -0.39 is 0 Å². The van der Waals surface area contributed by atoms with Gasteiger partial charge >= 0.3 is 0 Å². The van der Waals surface area contributed by atoms with Gasteiger partial charge in [-0.3, -0.25) is 0 Å². The van der Waals surface area contributed by atoms with E-state index in [-0.39, 0.29) is 6.10 Å². The Bertz CT molecular complexity index is 412. The molecule has 1 N–H and O–H groups in total. The number of rotatable bonds is 4. The average molecular weight is 280 g/mol. The van der Waals surface area contributed by atoms with Gasteiger partial charge in [-0.25, -0.2) is 0 Å². The Morgan fingerprint density at radius 3 is 2.45 bits per heavy atom. The molecule has 4 heteroatoms. The minimum absolute atomic E-state index is 0.312. The Morgan fingerprint density at radius 1 is 1.25 bits per heavy atom. The zero-order valence-electron chi connectivity index (χ0n) is 13.2. The topological polar surface area (TPSA) is 59.2 Å². The molecule has 0 bridgehead atoms. The van der Waals surface area contributed by atoms with Crippen molar-refractivity contribution >= 4 is 0 Å². The predicted octanol–water partition coefficient (Wildman–Crippen LogP) is 3.70. The van der Waals surface area contributed by atoms with Crippen molar-refractivity contribution in [2.24, 2.45) is 11.3 Å². The zero-order valence-corrected chi connectivity index (χ0v) is 13.2. The van der Waals surface area contributed by atoms with Gasteiger partial charge in [0.2, 0.25) is 5.89 Å². The van der Waals surface area contributed by atoms with Crippen LogP contribution in [0.4, 0.5) is 0 Å². The van der Waals surface area contributed by atoms with Crippen molar-refractivity contribution in [2.45, 2.75) is 78.2 Å². The third-order valence-electron chi connectivity index (χ3n) is 4.58. The molecule has 1 atom stereocenters. The molecule has 0 aliphatic heterocycles. The SMILES string of the molecule is CC(O)CCc1nc(C2CCC(C(C)(C)C)CC2)no1. The number of hydrogen-bond donors (Lipinski definition) is 1. The summed E-state index contributed by atoms with van der Waals surface area (Å²) >= 11 is 0. The summed E-state index contributed by atoms with van der Waals surface area (Å²) in [5, 5.41) is 13.4. The van der Waals surface area contributed by atoms with Crippen LogP contribution in [0.2, 0.25) is 0 Å². The maximum absolute atomic E-state index is 9.28. The fraction of sp³-hybridized carbons (Fsp3) is 0.875. The number of aliphatic hydroxyl groups is 1. The van der Waals surface area contributed by atoms with Crippen LogP contribution >= 0.6 is 0 Å². The summed E-state index contributed by atoms with van der Waals surface area (Å²) < 4.78 is 5.29. The zero-order chi connectivity index (χ0) is 14.8. The van der Waals surface area contributed by atoms with Crippen LogP contribution in [0.1, 0.15) is 77.4 Å². The molecule has 1 fully saturated rings. The van der Waals surface area contributed by atoms with Crippen molar-refractivity contribution in [3.8, 4) is 0 Å². The minimum Gasteiger partial charge on any atom is -0.393 e. The Hall–Kier alpha value is -0.900. The Labute approximate surface area is 122 Å². The van der Waals surface area contributed by atoms with E-state index in [1.807, 2.05) is 0 Å². The maximum atomic E-state index is 9.28. The Kier molecular flexibility index (Phi) is 4.84. The Morgan fingerprint density at radius 2 is 1.90 bits per heavy atom. The normalized spacial score (nSPS) is 25.6. The predicted molar refractivity (Wildman–Crippen MR) is 78.5 cm³/mol. The fourth-order valence-electron chi connectivity index (χ4n) is 3.09. The molecule has 0 aromatic carbocycles. The van der Waals surface area contributed by atoms with Crippen LogP contribution in [-0.2, 0) is 6.42 Å². The number of aromatic nitrogens is 2. The van der Waals surface area contributed by atoms with E-state index in [1.54, 1.807) is 6.92 Å². The molecule has 1 heterocycles. The minimum atomic E-state index is -0.312. The van der Waals surface area contributed by atoms with Gasteiger partial charge in [-0.15, -0.1) is 0 Å². The second kappa shape index (κ2) is 6.25.